The van der Waals surface area contributed by atoms with Crippen LogP contribution in [0.15, 0.2) is 6.07 Å². The number of aryl methyl sites for hydroxylation is 3. The van der Waals surface area contributed by atoms with Gasteiger partial charge in [0.25, 0.3) is 5.91 Å². The molecule has 134 valence electrons. The topological polar surface area (TPSA) is 77.0 Å². The van der Waals surface area contributed by atoms with Crippen LogP contribution in [0.1, 0.15) is 35.1 Å². The zero-order chi connectivity index (χ0) is 16.1. The Kier molecular flexibility index (Phi) is 6.25. The van der Waals surface area contributed by atoms with Crippen LogP contribution in [0.3, 0.4) is 0 Å². The lowest BCUT2D eigenvalue weighted by atomic mass is 9.90. The number of carbonyl (C=O) groups is 1. The van der Waals surface area contributed by atoms with Gasteiger partial charge in [0.15, 0.2) is 5.65 Å². The van der Waals surface area contributed by atoms with Crippen LogP contribution in [0.4, 0.5) is 0 Å². The van der Waals surface area contributed by atoms with E-state index in [1.807, 2.05) is 31.9 Å². The van der Waals surface area contributed by atoms with Gasteiger partial charge in [-0.05, 0) is 38.3 Å². The first-order valence-electron chi connectivity index (χ1n) is 7.65. The number of fused-ring (bicyclic) bond motifs is 1. The Morgan fingerprint density at radius 3 is 2.62 bits per heavy atom. The molecule has 0 saturated carbocycles. The zero-order valence-electron chi connectivity index (χ0n) is 14.5. The summed E-state index contributed by atoms with van der Waals surface area (Å²) in [5, 5.41) is 5.27. The van der Waals surface area contributed by atoms with Crippen molar-refractivity contribution in [2.75, 3.05) is 19.6 Å². The first-order valence-corrected chi connectivity index (χ1v) is 7.65. The Morgan fingerprint density at radius 2 is 2.04 bits per heavy atom. The zero-order valence-corrected chi connectivity index (χ0v) is 16.1. The number of hydrogen-bond donors (Lipinski definition) is 1. The lowest BCUT2D eigenvalue weighted by Gasteiger charge is -2.23. The van der Waals surface area contributed by atoms with Crippen LogP contribution in [0.5, 0.6) is 0 Å². The Bertz CT molecular complexity index is 760. The van der Waals surface area contributed by atoms with Crippen molar-refractivity contribution >= 4 is 41.8 Å². The van der Waals surface area contributed by atoms with E-state index in [1.165, 1.54) is 0 Å². The molecular formula is C16H25Cl2N5O. The number of pyridine rings is 1. The molecule has 2 N–H and O–H groups in total. The Hall–Kier alpha value is -1.37. The average molecular weight is 374 g/mol. The molecule has 1 amide bonds. The van der Waals surface area contributed by atoms with E-state index in [1.54, 1.807) is 4.68 Å². The van der Waals surface area contributed by atoms with E-state index in [9.17, 15) is 4.79 Å². The number of carbonyl (C=O) groups excluding carboxylic acids is 1. The highest BCUT2D eigenvalue weighted by Crippen LogP contribution is 2.31. The van der Waals surface area contributed by atoms with Gasteiger partial charge >= 0.3 is 0 Å². The fourth-order valence-electron chi connectivity index (χ4n) is 3.27. The minimum atomic E-state index is 0. The summed E-state index contributed by atoms with van der Waals surface area (Å²) < 4.78 is 1.74. The SMILES string of the molecule is Cc1cc(C(=O)N2CCC(C)(CN)C2)c2c(C)nn(C)c2n1.Cl.Cl. The third-order valence-corrected chi connectivity index (χ3v) is 4.67. The fraction of sp³-hybridized carbons (Fsp3) is 0.562. The van der Waals surface area contributed by atoms with Crippen LogP contribution >= 0.6 is 24.8 Å². The molecule has 6 nitrogen and oxygen atoms in total. The van der Waals surface area contributed by atoms with Gasteiger partial charge in [0.2, 0.25) is 0 Å². The summed E-state index contributed by atoms with van der Waals surface area (Å²) in [7, 11) is 1.86. The molecule has 24 heavy (non-hydrogen) atoms. The Balaban J connectivity index is 0.00000144. The van der Waals surface area contributed by atoms with Crippen LogP contribution in [-0.2, 0) is 7.05 Å². The predicted molar refractivity (Wildman–Crippen MR) is 100 cm³/mol. The summed E-state index contributed by atoms with van der Waals surface area (Å²) in [5.41, 5.74) is 9.02. The summed E-state index contributed by atoms with van der Waals surface area (Å²) in [4.78, 5) is 19.4. The largest absolute Gasteiger partial charge is 0.338 e. The molecular weight excluding hydrogens is 349 g/mol. The second-order valence-corrected chi connectivity index (χ2v) is 6.71. The number of halogens is 2. The normalized spacial score (nSPS) is 20.0. The van der Waals surface area contributed by atoms with Gasteiger partial charge in [-0.1, -0.05) is 6.92 Å². The molecule has 1 unspecified atom stereocenters. The molecule has 3 heterocycles. The minimum Gasteiger partial charge on any atom is -0.338 e. The second kappa shape index (κ2) is 7.25. The summed E-state index contributed by atoms with van der Waals surface area (Å²) >= 11 is 0. The fourth-order valence-corrected chi connectivity index (χ4v) is 3.27. The van der Waals surface area contributed by atoms with Crippen LogP contribution < -0.4 is 5.73 Å². The molecule has 0 radical (unpaired) electrons. The number of aromatic nitrogens is 3. The maximum atomic E-state index is 13.0. The predicted octanol–water partition coefficient (Wildman–Crippen LogP) is 2.24. The van der Waals surface area contributed by atoms with E-state index in [0.717, 1.165) is 35.4 Å². The molecule has 2 aromatic heterocycles. The molecule has 1 aliphatic rings. The summed E-state index contributed by atoms with van der Waals surface area (Å²) in [6, 6.07) is 1.87. The number of nitrogens with two attached hydrogens (primary N) is 1. The first-order chi connectivity index (χ1) is 10.3. The third kappa shape index (κ3) is 3.36. The van der Waals surface area contributed by atoms with Gasteiger partial charge in [-0.25, -0.2) is 4.98 Å². The van der Waals surface area contributed by atoms with Crippen molar-refractivity contribution in [1.29, 1.82) is 0 Å². The lowest BCUT2D eigenvalue weighted by Crippen LogP contribution is -2.34. The molecule has 3 rings (SSSR count). The average Bonchev–Trinajstić information content (AvgIpc) is 3.00. The van der Waals surface area contributed by atoms with Gasteiger partial charge in [-0.3, -0.25) is 9.48 Å². The monoisotopic (exact) mass is 373 g/mol. The molecule has 2 aromatic rings. The summed E-state index contributed by atoms with van der Waals surface area (Å²) in [6.07, 6.45) is 0.953. The van der Waals surface area contributed by atoms with Crippen LogP contribution in [0, 0.1) is 19.3 Å². The van der Waals surface area contributed by atoms with Crippen molar-refractivity contribution in [3.63, 3.8) is 0 Å². The van der Waals surface area contributed by atoms with E-state index < -0.39 is 0 Å². The van der Waals surface area contributed by atoms with Gasteiger partial charge in [0, 0.05) is 25.8 Å². The maximum absolute atomic E-state index is 13.0. The molecule has 1 fully saturated rings. The van der Waals surface area contributed by atoms with Crippen molar-refractivity contribution in [1.82, 2.24) is 19.7 Å². The van der Waals surface area contributed by atoms with Crippen molar-refractivity contribution in [2.24, 2.45) is 18.2 Å². The number of amides is 1. The maximum Gasteiger partial charge on any atom is 0.254 e. The number of hydrogen-bond acceptors (Lipinski definition) is 4. The molecule has 8 heteroatoms. The van der Waals surface area contributed by atoms with Crippen molar-refractivity contribution in [2.45, 2.75) is 27.2 Å². The number of likely N-dealkylation sites (tertiary alicyclic amines) is 1. The quantitative estimate of drug-likeness (QED) is 0.875. The second-order valence-electron chi connectivity index (χ2n) is 6.71. The molecule has 1 aliphatic heterocycles. The van der Waals surface area contributed by atoms with Gasteiger partial charge in [0.05, 0.1) is 16.6 Å². The van der Waals surface area contributed by atoms with Crippen LogP contribution in [0.2, 0.25) is 0 Å². The Labute approximate surface area is 154 Å². The highest BCUT2D eigenvalue weighted by Gasteiger charge is 2.36. The standard InChI is InChI=1S/C16H23N5O.2ClH/c1-10-7-12(13-11(2)19-20(4)14(13)18-10)15(22)21-6-5-16(3,8-17)9-21;;/h7H,5-6,8-9,17H2,1-4H3;2*1H. The molecule has 1 atom stereocenters. The first kappa shape index (κ1) is 20.7. The van der Waals surface area contributed by atoms with Gasteiger partial charge in [0.1, 0.15) is 0 Å². The Morgan fingerprint density at radius 1 is 1.38 bits per heavy atom. The summed E-state index contributed by atoms with van der Waals surface area (Å²) in [5.74, 6) is 0.0591. The number of rotatable bonds is 2. The minimum absolute atomic E-state index is 0. The number of nitrogens with zero attached hydrogens (tertiary/aromatic N) is 4. The molecule has 0 spiro atoms. The van der Waals surface area contributed by atoms with E-state index in [4.69, 9.17) is 5.73 Å². The van der Waals surface area contributed by atoms with E-state index in [-0.39, 0.29) is 36.1 Å². The molecule has 0 bridgehead atoms. The van der Waals surface area contributed by atoms with E-state index in [2.05, 4.69) is 17.0 Å². The molecule has 1 saturated heterocycles. The van der Waals surface area contributed by atoms with Crippen LogP contribution in [0.25, 0.3) is 11.0 Å². The smallest absolute Gasteiger partial charge is 0.254 e. The van der Waals surface area contributed by atoms with Crippen molar-refractivity contribution in [3.8, 4) is 0 Å². The van der Waals surface area contributed by atoms with Gasteiger partial charge in [-0.2, -0.15) is 5.10 Å². The van der Waals surface area contributed by atoms with Crippen molar-refractivity contribution < 1.29 is 4.79 Å². The molecule has 0 aromatic carbocycles. The van der Waals surface area contributed by atoms with Crippen molar-refractivity contribution in [3.05, 3.63) is 23.0 Å². The highest BCUT2D eigenvalue weighted by atomic mass is 35.5. The van der Waals surface area contributed by atoms with Gasteiger partial charge < -0.3 is 10.6 Å². The third-order valence-electron chi connectivity index (χ3n) is 4.67. The van der Waals surface area contributed by atoms with E-state index in [0.29, 0.717) is 18.7 Å². The summed E-state index contributed by atoms with van der Waals surface area (Å²) in [6.45, 7) is 8.05. The van der Waals surface area contributed by atoms with Crippen LogP contribution in [-0.4, -0.2) is 45.2 Å². The highest BCUT2D eigenvalue weighted by molar-refractivity contribution is 6.06. The lowest BCUT2D eigenvalue weighted by molar-refractivity contribution is 0.0778. The molecule has 0 aliphatic carbocycles. The van der Waals surface area contributed by atoms with Gasteiger partial charge in [-0.15, -0.1) is 24.8 Å². The van der Waals surface area contributed by atoms with E-state index >= 15 is 0 Å².